The summed E-state index contributed by atoms with van der Waals surface area (Å²) in [5.41, 5.74) is 4.89. The maximum Gasteiger partial charge on any atom is 0.165 e. The first-order valence-corrected chi connectivity index (χ1v) is 17.8. The lowest BCUT2D eigenvalue weighted by molar-refractivity contribution is 1.08. The third kappa shape index (κ3) is 4.90. The molecule has 0 atom stereocenters. The van der Waals surface area contributed by atoms with E-state index in [0.29, 0.717) is 28.6 Å². The number of thiophene rings is 2. The third-order valence-electron chi connectivity index (χ3n) is 9.07. The molecule has 50 heavy (non-hydrogen) atoms. The minimum absolute atomic E-state index is 0.0939. The molecule has 0 spiro atoms. The molecule has 3 heterocycles. The van der Waals surface area contributed by atoms with Gasteiger partial charge in [0.25, 0.3) is 0 Å². The van der Waals surface area contributed by atoms with Crippen molar-refractivity contribution in [1.29, 1.82) is 0 Å². The Morgan fingerprint density at radius 1 is 0.380 bits per heavy atom. The summed E-state index contributed by atoms with van der Waals surface area (Å²) in [7, 11) is 0. The van der Waals surface area contributed by atoms with E-state index in [1.54, 1.807) is 34.8 Å². The van der Waals surface area contributed by atoms with E-state index in [1.165, 1.54) is 20.2 Å². The minimum atomic E-state index is -0.440. The normalized spacial score (nSPS) is 13.0. The zero-order valence-electron chi connectivity index (χ0n) is 31.4. The van der Waals surface area contributed by atoms with Gasteiger partial charge in [0.15, 0.2) is 17.5 Å². The van der Waals surface area contributed by atoms with E-state index in [1.807, 2.05) is 48.5 Å². The average molecular weight is 679 g/mol. The lowest BCUT2D eigenvalue weighted by Gasteiger charge is -2.12. The molecule has 3 nitrogen and oxygen atoms in total. The molecule has 0 saturated heterocycles. The summed E-state index contributed by atoms with van der Waals surface area (Å²) in [4.78, 5) is 15.2. The summed E-state index contributed by atoms with van der Waals surface area (Å²) >= 11 is 3.49. The van der Waals surface area contributed by atoms with Crippen LogP contribution >= 0.6 is 22.7 Å². The first kappa shape index (κ1) is 24.2. The second-order valence-electron chi connectivity index (χ2n) is 12.0. The fourth-order valence-corrected chi connectivity index (χ4v) is 8.97. The van der Waals surface area contributed by atoms with E-state index in [9.17, 15) is 0 Å². The molecular weight excluding hydrogens is 647 g/mol. The Balaban J connectivity index is 1.16. The maximum absolute atomic E-state index is 8.77. The molecule has 234 valence electrons. The summed E-state index contributed by atoms with van der Waals surface area (Å²) in [5.74, 6) is 1.27. The smallest absolute Gasteiger partial charge is 0.165 e. The molecule has 3 aromatic heterocycles. The highest BCUT2D eigenvalue weighted by Crippen LogP contribution is 2.41. The van der Waals surface area contributed by atoms with E-state index in [0.717, 1.165) is 42.4 Å². The van der Waals surface area contributed by atoms with E-state index in [2.05, 4.69) is 72.8 Å². The molecule has 0 bridgehead atoms. The lowest BCUT2D eigenvalue weighted by atomic mass is 9.99. The Morgan fingerprint density at radius 2 is 0.940 bits per heavy atom. The van der Waals surface area contributed by atoms with Crippen molar-refractivity contribution in [2.75, 3.05) is 0 Å². The van der Waals surface area contributed by atoms with Crippen molar-refractivity contribution >= 4 is 63.0 Å². The molecule has 0 aliphatic carbocycles. The van der Waals surface area contributed by atoms with Gasteiger partial charge in [-0.15, -0.1) is 22.7 Å². The average Bonchev–Trinajstić information content (AvgIpc) is 3.81. The van der Waals surface area contributed by atoms with Crippen LogP contribution in [0.15, 0.2) is 164 Å². The van der Waals surface area contributed by atoms with Crippen LogP contribution in [0.5, 0.6) is 0 Å². The van der Waals surface area contributed by atoms with Crippen LogP contribution < -0.4 is 0 Å². The molecule has 0 fully saturated rings. The molecule has 10 aromatic rings. The fourth-order valence-electron chi connectivity index (χ4n) is 6.67. The van der Waals surface area contributed by atoms with Gasteiger partial charge in [-0.25, -0.2) is 15.0 Å². The molecule has 0 radical (unpaired) electrons. The zero-order chi connectivity index (χ0) is 37.4. The highest BCUT2D eigenvalue weighted by molar-refractivity contribution is 7.26. The maximum atomic E-state index is 8.77. The number of benzene rings is 7. The number of rotatable bonds is 5. The predicted molar refractivity (Wildman–Crippen MR) is 213 cm³/mol. The molecule has 5 heteroatoms. The lowest BCUT2D eigenvalue weighted by Crippen LogP contribution is -2.01. The summed E-state index contributed by atoms with van der Waals surface area (Å²) < 4.78 is 47.2. The Morgan fingerprint density at radius 3 is 1.74 bits per heavy atom. The predicted octanol–water partition coefficient (Wildman–Crippen LogP) is 12.9. The standard InChI is InChI=1S/C45H27N3S2/c1-2-11-29(12-3-1)32-13-4-5-16-36(32)44-46-43(47-45(48-44)37-18-10-17-35-33-14-6-9-20-40(33)50-42(35)37)30-23-21-28(22-24-30)31-25-26-41-38(27-31)34-15-7-8-19-39(34)49-41/h1-27H/i1D,2D,3D,11D,12D. The Hall–Kier alpha value is -6.01. The van der Waals surface area contributed by atoms with E-state index >= 15 is 0 Å². The molecule has 0 saturated carbocycles. The Kier molecular flexibility index (Phi) is 5.73. The quantitative estimate of drug-likeness (QED) is 0.182. The molecule has 0 aliphatic heterocycles. The van der Waals surface area contributed by atoms with Crippen LogP contribution in [0, 0.1) is 0 Å². The number of hydrogen-bond donors (Lipinski definition) is 0. The van der Waals surface area contributed by atoms with Crippen LogP contribution in [0.4, 0.5) is 0 Å². The summed E-state index contributed by atoms with van der Waals surface area (Å²) in [6, 6.07) is 43.2. The largest absolute Gasteiger partial charge is 0.208 e. The molecule has 0 unspecified atom stereocenters. The molecule has 0 N–H and O–H groups in total. The highest BCUT2D eigenvalue weighted by atomic mass is 32.1. The molecule has 7 aromatic carbocycles. The second-order valence-corrected chi connectivity index (χ2v) is 14.2. The van der Waals surface area contributed by atoms with Crippen molar-refractivity contribution in [2.45, 2.75) is 0 Å². The van der Waals surface area contributed by atoms with Crippen LogP contribution in [-0.4, -0.2) is 15.0 Å². The van der Waals surface area contributed by atoms with Crippen LogP contribution in [0.25, 0.3) is 96.8 Å². The van der Waals surface area contributed by atoms with Gasteiger partial charge in [0.1, 0.15) is 0 Å². The van der Waals surface area contributed by atoms with Crippen LogP contribution in [0.3, 0.4) is 0 Å². The number of fused-ring (bicyclic) bond motifs is 6. The van der Waals surface area contributed by atoms with Gasteiger partial charge in [-0.2, -0.15) is 0 Å². The van der Waals surface area contributed by atoms with E-state index in [-0.39, 0.29) is 17.6 Å². The molecule has 10 rings (SSSR count). The zero-order valence-corrected chi connectivity index (χ0v) is 28.0. The number of aromatic nitrogens is 3. The van der Waals surface area contributed by atoms with E-state index < -0.39 is 18.1 Å². The van der Waals surface area contributed by atoms with Crippen molar-refractivity contribution in [3.8, 4) is 56.4 Å². The van der Waals surface area contributed by atoms with Gasteiger partial charge in [0, 0.05) is 57.0 Å². The SMILES string of the molecule is [2H]c1c([2H])c([2H])c(-c2ccccc2-c2nc(-c3ccc(-c4ccc5sc6ccccc6c5c4)cc3)nc(-c3cccc4c3sc3ccccc34)n2)c([2H])c1[2H]. The van der Waals surface area contributed by atoms with Crippen LogP contribution in [0.1, 0.15) is 6.85 Å². The van der Waals surface area contributed by atoms with Gasteiger partial charge in [0.2, 0.25) is 0 Å². The van der Waals surface area contributed by atoms with Crippen molar-refractivity contribution in [3.63, 3.8) is 0 Å². The van der Waals surface area contributed by atoms with Crippen molar-refractivity contribution in [1.82, 2.24) is 15.0 Å². The fraction of sp³-hybridized carbons (Fsp3) is 0. The van der Waals surface area contributed by atoms with Gasteiger partial charge >= 0.3 is 0 Å². The van der Waals surface area contributed by atoms with Crippen LogP contribution in [0.2, 0.25) is 0 Å². The summed E-state index contributed by atoms with van der Waals surface area (Å²) in [6.45, 7) is 0. The van der Waals surface area contributed by atoms with E-state index in [4.69, 9.17) is 21.8 Å². The molecule has 0 amide bonds. The summed E-state index contributed by atoms with van der Waals surface area (Å²) in [6.07, 6.45) is 0. The third-order valence-corrected chi connectivity index (χ3v) is 11.4. The van der Waals surface area contributed by atoms with Crippen LogP contribution in [-0.2, 0) is 0 Å². The van der Waals surface area contributed by atoms with Gasteiger partial charge in [-0.3, -0.25) is 0 Å². The number of nitrogens with zero attached hydrogens (tertiary/aromatic N) is 3. The monoisotopic (exact) mass is 678 g/mol. The first-order valence-electron chi connectivity index (χ1n) is 18.7. The molecule has 0 aliphatic rings. The second kappa shape index (κ2) is 11.8. The van der Waals surface area contributed by atoms with Crippen molar-refractivity contribution in [3.05, 3.63) is 164 Å². The Bertz CT molecular complexity index is 3140. The van der Waals surface area contributed by atoms with Crippen molar-refractivity contribution in [2.24, 2.45) is 0 Å². The van der Waals surface area contributed by atoms with Gasteiger partial charge in [0.05, 0.1) is 6.85 Å². The molecular formula is C45H27N3S2. The van der Waals surface area contributed by atoms with Gasteiger partial charge < -0.3 is 0 Å². The highest BCUT2D eigenvalue weighted by Gasteiger charge is 2.18. The first-order chi connectivity index (χ1) is 26.8. The van der Waals surface area contributed by atoms with Gasteiger partial charge in [-0.05, 0) is 52.6 Å². The van der Waals surface area contributed by atoms with Gasteiger partial charge in [-0.1, -0.05) is 133 Å². The minimum Gasteiger partial charge on any atom is -0.208 e. The topological polar surface area (TPSA) is 38.7 Å². The Labute approximate surface area is 303 Å². The summed E-state index contributed by atoms with van der Waals surface area (Å²) in [5, 5.41) is 4.77. The number of hydrogen-bond acceptors (Lipinski definition) is 5. The van der Waals surface area contributed by atoms with Crippen molar-refractivity contribution < 1.29 is 6.85 Å².